The maximum Gasteiger partial charge on any atom is 0.108 e. The van der Waals surface area contributed by atoms with E-state index in [1.165, 1.54) is 0 Å². The molecule has 0 spiro atoms. The first kappa shape index (κ1) is 11.0. The zero-order valence-electron chi connectivity index (χ0n) is 10.1. The maximum absolute atomic E-state index is 8.87. The van der Waals surface area contributed by atoms with Crippen LogP contribution in [0.2, 0.25) is 0 Å². The zero-order valence-corrected chi connectivity index (χ0v) is 10.1. The van der Waals surface area contributed by atoms with Gasteiger partial charge < -0.3 is 14.7 Å². The number of nitrogens with zero attached hydrogens (tertiary/aromatic N) is 3. The number of aryl methyl sites for hydroxylation is 1. The second-order valence-electron chi connectivity index (χ2n) is 4.28. The summed E-state index contributed by atoms with van der Waals surface area (Å²) < 4.78 is 1.99. The van der Waals surface area contributed by atoms with Gasteiger partial charge in [0.05, 0.1) is 35.9 Å². The Kier molecular flexibility index (Phi) is 2.60. The highest BCUT2D eigenvalue weighted by Gasteiger charge is 2.06. The fourth-order valence-electron chi connectivity index (χ4n) is 2.05. The Bertz CT molecular complexity index is 683. The molecule has 0 unspecified atom stereocenters. The predicted octanol–water partition coefficient (Wildman–Crippen LogP) is 1.50. The second kappa shape index (κ2) is 4.27. The molecule has 0 aliphatic rings. The van der Waals surface area contributed by atoms with Gasteiger partial charge in [-0.05, 0) is 12.1 Å². The van der Waals surface area contributed by atoms with E-state index < -0.39 is 0 Å². The number of nitrogens with one attached hydrogen (secondary N) is 1. The molecule has 0 bridgehead atoms. The summed E-state index contributed by atoms with van der Waals surface area (Å²) in [5.74, 6) is 0.800. The summed E-state index contributed by atoms with van der Waals surface area (Å²) in [5.41, 5.74) is 4.08. The van der Waals surface area contributed by atoms with Crippen molar-refractivity contribution in [2.75, 3.05) is 6.61 Å². The lowest BCUT2D eigenvalue weighted by molar-refractivity contribution is 0.297. The fourth-order valence-corrected chi connectivity index (χ4v) is 2.05. The van der Waals surface area contributed by atoms with Crippen molar-refractivity contribution in [2.45, 2.75) is 6.42 Å². The number of rotatable bonds is 3. The van der Waals surface area contributed by atoms with Crippen LogP contribution in [0, 0.1) is 0 Å². The maximum atomic E-state index is 8.87. The lowest BCUT2D eigenvalue weighted by Crippen LogP contribution is -1.92. The van der Waals surface area contributed by atoms with Crippen LogP contribution in [-0.2, 0) is 13.5 Å². The van der Waals surface area contributed by atoms with Crippen molar-refractivity contribution in [1.82, 2.24) is 19.5 Å². The SMILES string of the molecule is Cn1cnc2cc(-c3cnc(CCO)[nH]3)ccc21. The number of benzene rings is 1. The van der Waals surface area contributed by atoms with Gasteiger partial charge in [-0.1, -0.05) is 6.07 Å². The minimum absolute atomic E-state index is 0.103. The molecule has 2 aromatic heterocycles. The van der Waals surface area contributed by atoms with Gasteiger partial charge in [-0.3, -0.25) is 0 Å². The minimum Gasteiger partial charge on any atom is -0.396 e. The number of imidazole rings is 2. The first-order valence-corrected chi connectivity index (χ1v) is 5.84. The molecule has 2 N–H and O–H groups in total. The summed E-state index contributed by atoms with van der Waals surface area (Å²) in [6.07, 6.45) is 4.14. The Labute approximate surface area is 104 Å². The van der Waals surface area contributed by atoms with Crippen molar-refractivity contribution in [2.24, 2.45) is 7.05 Å². The van der Waals surface area contributed by atoms with Crippen molar-refractivity contribution in [3.63, 3.8) is 0 Å². The van der Waals surface area contributed by atoms with E-state index in [9.17, 15) is 0 Å². The third-order valence-electron chi connectivity index (χ3n) is 3.01. The summed E-state index contributed by atoms with van der Waals surface area (Å²) in [5, 5.41) is 8.87. The molecule has 0 saturated heterocycles. The van der Waals surface area contributed by atoms with Gasteiger partial charge >= 0.3 is 0 Å². The Hall–Kier alpha value is -2.14. The molecule has 0 atom stereocenters. The number of aromatic amines is 1. The number of aliphatic hydroxyl groups is 1. The Morgan fingerprint density at radius 2 is 2.22 bits per heavy atom. The molecule has 0 aliphatic heterocycles. The van der Waals surface area contributed by atoms with Crippen LogP contribution in [0.4, 0.5) is 0 Å². The monoisotopic (exact) mass is 242 g/mol. The van der Waals surface area contributed by atoms with Crippen molar-refractivity contribution in [1.29, 1.82) is 0 Å². The van der Waals surface area contributed by atoms with Crippen LogP contribution in [0.25, 0.3) is 22.3 Å². The smallest absolute Gasteiger partial charge is 0.108 e. The van der Waals surface area contributed by atoms with Crippen LogP contribution in [-0.4, -0.2) is 31.2 Å². The molecule has 5 nitrogen and oxygen atoms in total. The Morgan fingerprint density at radius 3 is 3.06 bits per heavy atom. The summed E-state index contributed by atoms with van der Waals surface area (Å²) in [6, 6.07) is 6.12. The lowest BCUT2D eigenvalue weighted by Gasteiger charge is -1.99. The molecule has 5 heteroatoms. The van der Waals surface area contributed by atoms with Crippen molar-refractivity contribution in [3.8, 4) is 11.3 Å². The van der Waals surface area contributed by atoms with E-state index in [1.54, 1.807) is 12.5 Å². The summed E-state index contributed by atoms with van der Waals surface area (Å²) in [6.45, 7) is 0.103. The molecule has 92 valence electrons. The van der Waals surface area contributed by atoms with Gasteiger partial charge in [-0.2, -0.15) is 0 Å². The van der Waals surface area contributed by atoms with E-state index in [0.29, 0.717) is 6.42 Å². The van der Waals surface area contributed by atoms with Gasteiger partial charge in [-0.25, -0.2) is 9.97 Å². The summed E-state index contributed by atoms with van der Waals surface area (Å²) >= 11 is 0. The molecule has 0 radical (unpaired) electrons. The molecule has 0 amide bonds. The minimum atomic E-state index is 0.103. The van der Waals surface area contributed by atoms with E-state index in [2.05, 4.69) is 15.0 Å². The van der Waals surface area contributed by atoms with E-state index in [1.807, 2.05) is 29.8 Å². The standard InChI is InChI=1S/C13H14N4O/c1-17-8-15-10-6-9(2-3-12(10)17)11-7-14-13(16-11)4-5-18/h2-3,6-8,18H,4-5H2,1H3,(H,14,16). The van der Waals surface area contributed by atoms with E-state index in [4.69, 9.17) is 5.11 Å². The number of hydrogen-bond donors (Lipinski definition) is 2. The lowest BCUT2D eigenvalue weighted by atomic mass is 10.1. The molecule has 0 fully saturated rings. The largest absolute Gasteiger partial charge is 0.396 e. The number of fused-ring (bicyclic) bond motifs is 1. The average Bonchev–Trinajstić information content (AvgIpc) is 2.97. The van der Waals surface area contributed by atoms with E-state index in [-0.39, 0.29) is 6.61 Å². The Morgan fingerprint density at radius 1 is 1.33 bits per heavy atom. The van der Waals surface area contributed by atoms with Gasteiger partial charge in [0.15, 0.2) is 0 Å². The highest BCUT2D eigenvalue weighted by Crippen LogP contribution is 2.22. The van der Waals surface area contributed by atoms with Crippen molar-refractivity contribution < 1.29 is 5.11 Å². The molecule has 3 rings (SSSR count). The van der Waals surface area contributed by atoms with E-state index >= 15 is 0 Å². The highest BCUT2D eigenvalue weighted by molar-refractivity contribution is 5.81. The summed E-state index contributed by atoms with van der Waals surface area (Å²) in [4.78, 5) is 11.8. The molecule has 18 heavy (non-hydrogen) atoms. The molecular formula is C13H14N4O. The molecule has 0 aliphatic carbocycles. The molecular weight excluding hydrogens is 228 g/mol. The molecule has 0 saturated carbocycles. The van der Waals surface area contributed by atoms with Crippen LogP contribution in [0.5, 0.6) is 0 Å². The highest BCUT2D eigenvalue weighted by atomic mass is 16.3. The van der Waals surface area contributed by atoms with Gasteiger partial charge in [-0.15, -0.1) is 0 Å². The number of aliphatic hydroxyl groups excluding tert-OH is 1. The second-order valence-corrected chi connectivity index (χ2v) is 4.28. The normalized spacial score (nSPS) is 11.2. The van der Waals surface area contributed by atoms with E-state index in [0.717, 1.165) is 28.1 Å². The van der Waals surface area contributed by atoms with Gasteiger partial charge in [0.25, 0.3) is 0 Å². The van der Waals surface area contributed by atoms with Gasteiger partial charge in [0, 0.05) is 19.0 Å². The Balaban J connectivity index is 2.02. The third-order valence-corrected chi connectivity index (χ3v) is 3.01. The van der Waals surface area contributed by atoms with Crippen LogP contribution in [0.1, 0.15) is 5.82 Å². The van der Waals surface area contributed by atoms with Crippen LogP contribution < -0.4 is 0 Å². The van der Waals surface area contributed by atoms with Gasteiger partial charge in [0.2, 0.25) is 0 Å². The third kappa shape index (κ3) is 1.78. The van der Waals surface area contributed by atoms with Crippen LogP contribution in [0.3, 0.4) is 0 Å². The van der Waals surface area contributed by atoms with Crippen LogP contribution >= 0.6 is 0 Å². The van der Waals surface area contributed by atoms with Crippen LogP contribution in [0.15, 0.2) is 30.7 Å². The topological polar surface area (TPSA) is 66.7 Å². The molecule has 1 aromatic carbocycles. The quantitative estimate of drug-likeness (QED) is 0.731. The molecule has 3 aromatic rings. The first-order valence-electron chi connectivity index (χ1n) is 5.84. The fraction of sp³-hybridized carbons (Fsp3) is 0.231. The number of H-pyrrole nitrogens is 1. The zero-order chi connectivity index (χ0) is 12.5. The van der Waals surface area contributed by atoms with Crippen molar-refractivity contribution >= 4 is 11.0 Å². The first-order chi connectivity index (χ1) is 8.78. The number of hydrogen-bond acceptors (Lipinski definition) is 3. The molecule has 2 heterocycles. The number of aromatic nitrogens is 4. The summed E-state index contributed by atoms with van der Waals surface area (Å²) in [7, 11) is 1.98. The average molecular weight is 242 g/mol. The van der Waals surface area contributed by atoms with Crippen molar-refractivity contribution in [3.05, 3.63) is 36.5 Å². The van der Waals surface area contributed by atoms with Gasteiger partial charge in [0.1, 0.15) is 5.82 Å². The predicted molar refractivity (Wildman–Crippen MR) is 69.1 cm³/mol.